The molecule has 3 aromatic rings. The minimum absolute atomic E-state index is 0.0377. The summed E-state index contributed by atoms with van der Waals surface area (Å²) < 4.78 is 0.800. The Hall–Kier alpha value is -2.47. The lowest BCUT2D eigenvalue weighted by Gasteiger charge is -2.01. The molecule has 0 bridgehead atoms. The van der Waals surface area contributed by atoms with Gasteiger partial charge in [-0.1, -0.05) is 35.1 Å². The standard InChI is InChI=1S/C14H11N3O2S/c1-9-5-7-10(8-6-9)15-14-16-13-11(17(18)19)3-2-4-12(13)20-14/h2-8H,1H3,(H,15,16). The monoisotopic (exact) mass is 285 g/mol. The van der Waals surface area contributed by atoms with Gasteiger partial charge in [0.1, 0.15) is 0 Å². The van der Waals surface area contributed by atoms with E-state index < -0.39 is 4.92 Å². The summed E-state index contributed by atoms with van der Waals surface area (Å²) in [5.41, 5.74) is 2.56. The van der Waals surface area contributed by atoms with Gasteiger partial charge in [0, 0.05) is 11.8 Å². The van der Waals surface area contributed by atoms with Crippen molar-refractivity contribution in [2.24, 2.45) is 0 Å². The first kappa shape index (κ1) is 12.6. The summed E-state index contributed by atoms with van der Waals surface area (Å²) in [6.45, 7) is 2.02. The highest BCUT2D eigenvalue weighted by Crippen LogP contribution is 2.33. The lowest BCUT2D eigenvalue weighted by molar-refractivity contribution is -0.383. The molecular weight excluding hydrogens is 274 g/mol. The van der Waals surface area contributed by atoms with E-state index in [9.17, 15) is 10.1 Å². The van der Waals surface area contributed by atoms with E-state index >= 15 is 0 Å². The van der Waals surface area contributed by atoms with Crippen molar-refractivity contribution in [2.75, 3.05) is 5.32 Å². The number of para-hydroxylation sites is 1. The summed E-state index contributed by atoms with van der Waals surface area (Å²) >= 11 is 1.40. The van der Waals surface area contributed by atoms with Crippen LogP contribution in [-0.2, 0) is 0 Å². The molecule has 100 valence electrons. The van der Waals surface area contributed by atoms with Gasteiger partial charge in [-0.3, -0.25) is 10.1 Å². The number of aryl methyl sites for hydroxylation is 1. The molecule has 0 saturated heterocycles. The molecule has 0 unspecified atom stereocenters. The van der Waals surface area contributed by atoms with Crippen LogP contribution in [0.5, 0.6) is 0 Å². The lowest BCUT2D eigenvalue weighted by atomic mass is 10.2. The van der Waals surface area contributed by atoms with Crippen molar-refractivity contribution in [1.82, 2.24) is 4.98 Å². The number of benzene rings is 2. The average molecular weight is 285 g/mol. The third-order valence-corrected chi connectivity index (χ3v) is 3.83. The predicted octanol–water partition coefficient (Wildman–Crippen LogP) is 4.26. The fourth-order valence-corrected chi connectivity index (χ4v) is 2.80. The zero-order chi connectivity index (χ0) is 14.1. The summed E-state index contributed by atoms with van der Waals surface area (Å²) in [7, 11) is 0. The fourth-order valence-electron chi connectivity index (χ4n) is 1.90. The Morgan fingerprint density at radius 1 is 1.20 bits per heavy atom. The molecule has 0 spiro atoms. The fraction of sp³-hybridized carbons (Fsp3) is 0.0714. The Balaban J connectivity index is 1.99. The Morgan fingerprint density at radius 3 is 2.65 bits per heavy atom. The van der Waals surface area contributed by atoms with Crippen LogP contribution in [-0.4, -0.2) is 9.91 Å². The first-order valence-electron chi connectivity index (χ1n) is 6.01. The van der Waals surface area contributed by atoms with Gasteiger partial charge < -0.3 is 5.32 Å². The second-order valence-corrected chi connectivity index (χ2v) is 5.42. The first-order valence-corrected chi connectivity index (χ1v) is 6.83. The van der Waals surface area contributed by atoms with Gasteiger partial charge >= 0.3 is 0 Å². The number of nitrogens with one attached hydrogen (secondary N) is 1. The quantitative estimate of drug-likeness (QED) is 0.576. The second kappa shape index (κ2) is 4.90. The number of hydrogen-bond acceptors (Lipinski definition) is 5. The van der Waals surface area contributed by atoms with Gasteiger partial charge in [-0.2, -0.15) is 0 Å². The Labute approximate surface area is 119 Å². The van der Waals surface area contributed by atoms with Crippen LogP contribution in [0, 0.1) is 17.0 Å². The number of hydrogen-bond donors (Lipinski definition) is 1. The van der Waals surface area contributed by atoms with Crippen LogP contribution in [0.25, 0.3) is 10.2 Å². The number of aromatic nitrogens is 1. The van der Waals surface area contributed by atoms with E-state index in [-0.39, 0.29) is 5.69 Å². The zero-order valence-electron chi connectivity index (χ0n) is 10.7. The summed E-state index contributed by atoms with van der Waals surface area (Å²) in [4.78, 5) is 14.9. The number of anilines is 2. The van der Waals surface area contributed by atoms with Gasteiger partial charge in [-0.25, -0.2) is 4.98 Å². The van der Waals surface area contributed by atoms with Gasteiger partial charge in [-0.05, 0) is 25.1 Å². The zero-order valence-corrected chi connectivity index (χ0v) is 11.5. The van der Waals surface area contributed by atoms with E-state index in [1.807, 2.05) is 37.3 Å². The van der Waals surface area contributed by atoms with Crippen LogP contribution in [0.3, 0.4) is 0 Å². The van der Waals surface area contributed by atoms with Crippen LogP contribution in [0.4, 0.5) is 16.5 Å². The van der Waals surface area contributed by atoms with Gasteiger partial charge in [0.05, 0.1) is 9.62 Å². The van der Waals surface area contributed by atoms with Gasteiger partial charge in [-0.15, -0.1) is 0 Å². The van der Waals surface area contributed by atoms with Crippen molar-refractivity contribution >= 4 is 38.1 Å². The maximum atomic E-state index is 11.0. The summed E-state index contributed by atoms with van der Waals surface area (Å²) in [5.74, 6) is 0. The second-order valence-electron chi connectivity index (χ2n) is 4.39. The number of rotatable bonds is 3. The molecule has 1 N–H and O–H groups in total. The number of nitro groups is 1. The van der Waals surface area contributed by atoms with Crippen molar-refractivity contribution in [3.63, 3.8) is 0 Å². The summed E-state index contributed by atoms with van der Waals surface area (Å²) in [5, 5.41) is 14.8. The van der Waals surface area contributed by atoms with Crippen LogP contribution < -0.4 is 5.32 Å². The van der Waals surface area contributed by atoms with Gasteiger partial charge in [0.25, 0.3) is 5.69 Å². The number of nitrogens with zero attached hydrogens (tertiary/aromatic N) is 2. The Kier molecular flexibility index (Phi) is 3.08. The molecule has 3 rings (SSSR count). The van der Waals surface area contributed by atoms with E-state index in [0.717, 1.165) is 10.4 Å². The Bertz CT molecular complexity index is 781. The maximum Gasteiger partial charge on any atom is 0.296 e. The van der Waals surface area contributed by atoms with E-state index in [1.54, 1.807) is 6.07 Å². The first-order chi connectivity index (χ1) is 9.63. The highest BCUT2D eigenvalue weighted by molar-refractivity contribution is 7.22. The van der Waals surface area contributed by atoms with E-state index in [1.165, 1.54) is 23.0 Å². The molecule has 20 heavy (non-hydrogen) atoms. The Morgan fingerprint density at radius 2 is 1.95 bits per heavy atom. The molecule has 0 aliphatic rings. The number of nitro benzene ring substituents is 1. The molecule has 0 amide bonds. The molecule has 0 saturated carbocycles. The molecule has 0 aliphatic heterocycles. The molecule has 0 radical (unpaired) electrons. The normalized spacial score (nSPS) is 10.7. The molecule has 1 aromatic heterocycles. The molecule has 0 fully saturated rings. The topological polar surface area (TPSA) is 68.1 Å². The minimum Gasteiger partial charge on any atom is -0.332 e. The van der Waals surface area contributed by atoms with Crippen LogP contribution >= 0.6 is 11.3 Å². The minimum atomic E-state index is -0.405. The highest BCUT2D eigenvalue weighted by Gasteiger charge is 2.15. The van der Waals surface area contributed by atoms with Gasteiger partial charge in [0.2, 0.25) is 0 Å². The van der Waals surface area contributed by atoms with Crippen molar-refractivity contribution in [1.29, 1.82) is 0 Å². The number of fused-ring (bicyclic) bond motifs is 1. The molecule has 1 heterocycles. The van der Waals surface area contributed by atoms with Crippen LogP contribution in [0.15, 0.2) is 42.5 Å². The average Bonchev–Trinajstić information content (AvgIpc) is 2.83. The van der Waals surface area contributed by atoms with Gasteiger partial charge in [0.15, 0.2) is 10.6 Å². The van der Waals surface area contributed by atoms with Crippen molar-refractivity contribution < 1.29 is 4.92 Å². The number of thiazole rings is 1. The highest BCUT2D eigenvalue weighted by atomic mass is 32.1. The third kappa shape index (κ3) is 2.33. The molecule has 2 aromatic carbocycles. The van der Waals surface area contributed by atoms with Crippen LogP contribution in [0.1, 0.15) is 5.56 Å². The van der Waals surface area contributed by atoms with E-state index in [2.05, 4.69) is 10.3 Å². The van der Waals surface area contributed by atoms with E-state index in [4.69, 9.17) is 0 Å². The molecule has 6 heteroatoms. The SMILES string of the molecule is Cc1ccc(Nc2nc3c([N+](=O)[O-])cccc3s2)cc1. The smallest absolute Gasteiger partial charge is 0.296 e. The lowest BCUT2D eigenvalue weighted by Crippen LogP contribution is -1.90. The van der Waals surface area contributed by atoms with Crippen LogP contribution in [0.2, 0.25) is 0 Å². The van der Waals surface area contributed by atoms with E-state index in [0.29, 0.717) is 10.6 Å². The largest absolute Gasteiger partial charge is 0.332 e. The van der Waals surface area contributed by atoms with Crippen molar-refractivity contribution in [3.05, 3.63) is 58.1 Å². The molecule has 5 nitrogen and oxygen atoms in total. The summed E-state index contributed by atoms with van der Waals surface area (Å²) in [6, 6.07) is 12.9. The predicted molar refractivity (Wildman–Crippen MR) is 80.7 cm³/mol. The molecular formula is C14H11N3O2S. The third-order valence-electron chi connectivity index (χ3n) is 2.90. The van der Waals surface area contributed by atoms with Crippen molar-refractivity contribution in [2.45, 2.75) is 6.92 Å². The number of non-ortho nitro benzene ring substituents is 1. The maximum absolute atomic E-state index is 11.0. The molecule has 0 atom stereocenters. The molecule has 0 aliphatic carbocycles. The van der Waals surface area contributed by atoms with Crippen molar-refractivity contribution in [3.8, 4) is 0 Å². The summed E-state index contributed by atoms with van der Waals surface area (Å²) in [6.07, 6.45) is 0.